The molecule has 6 nitrogen and oxygen atoms in total. The van der Waals surface area contributed by atoms with Gasteiger partial charge in [0.25, 0.3) is 0 Å². The largest absolute Gasteiger partial charge is 0.355 e. The highest BCUT2D eigenvalue weighted by atomic mass is 35.5. The van der Waals surface area contributed by atoms with Crippen molar-refractivity contribution in [1.29, 1.82) is 0 Å². The molecular formula is C13H19ClN4O2. The van der Waals surface area contributed by atoms with Crippen molar-refractivity contribution in [2.75, 3.05) is 6.54 Å². The third-order valence-electron chi connectivity index (χ3n) is 2.70. The molecule has 1 rings (SSSR count). The Kier molecular flexibility index (Phi) is 5.76. The van der Waals surface area contributed by atoms with E-state index in [1.165, 1.54) is 10.8 Å². The molecule has 0 bridgehead atoms. The number of carbonyl (C=O) groups is 2. The van der Waals surface area contributed by atoms with Gasteiger partial charge in [-0.2, -0.15) is 5.10 Å². The number of aromatic nitrogens is 2. The summed E-state index contributed by atoms with van der Waals surface area (Å²) < 4.78 is 1.53. The summed E-state index contributed by atoms with van der Waals surface area (Å²) >= 11 is 6.05. The number of nitrogens with zero attached hydrogens (tertiary/aromatic N) is 2. The maximum absolute atomic E-state index is 11.7. The lowest BCUT2D eigenvalue weighted by atomic mass is 10.2. The van der Waals surface area contributed by atoms with E-state index in [9.17, 15) is 9.59 Å². The molecular weight excluding hydrogens is 280 g/mol. The molecule has 0 spiro atoms. The van der Waals surface area contributed by atoms with Crippen LogP contribution in [0.25, 0.3) is 6.08 Å². The smallest absolute Gasteiger partial charge is 0.244 e. The van der Waals surface area contributed by atoms with Crippen molar-refractivity contribution in [1.82, 2.24) is 20.4 Å². The SMILES string of the molecule is CCNC(=O)C(C)NC(=O)/C=C/c1c(C)nn(C)c1Cl. The van der Waals surface area contributed by atoms with Crippen molar-refractivity contribution in [2.45, 2.75) is 26.8 Å². The van der Waals surface area contributed by atoms with Gasteiger partial charge in [-0.1, -0.05) is 11.6 Å². The number of carbonyl (C=O) groups excluding carboxylic acids is 2. The van der Waals surface area contributed by atoms with Crippen molar-refractivity contribution in [2.24, 2.45) is 7.05 Å². The number of rotatable bonds is 5. The van der Waals surface area contributed by atoms with Crippen LogP contribution in [0.15, 0.2) is 6.08 Å². The van der Waals surface area contributed by atoms with Gasteiger partial charge in [0.1, 0.15) is 11.2 Å². The second kappa shape index (κ2) is 7.09. The van der Waals surface area contributed by atoms with Crippen LogP contribution in [0.2, 0.25) is 5.15 Å². The first-order valence-corrected chi connectivity index (χ1v) is 6.70. The number of hydrogen-bond donors (Lipinski definition) is 2. The molecule has 0 saturated carbocycles. The summed E-state index contributed by atoms with van der Waals surface area (Å²) in [5.41, 5.74) is 1.42. The Morgan fingerprint density at radius 2 is 2.15 bits per heavy atom. The molecule has 0 aliphatic rings. The van der Waals surface area contributed by atoms with E-state index in [-0.39, 0.29) is 11.8 Å². The average Bonchev–Trinajstić information content (AvgIpc) is 2.61. The Morgan fingerprint density at radius 3 is 2.65 bits per heavy atom. The number of nitrogens with one attached hydrogen (secondary N) is 2. The zero-order valence-electron chi connectivity index (χ0n) is 12.0. The van der Waals surface area contributed by atoms with Crippen LogP contribution in [0.4, 0.5) is 0 Å². The fourth-order valence-electron chi connectivity index (χ4n) is 1.65. The first-order valence-electron chi connectivity index (χ1n) is 6.32. The Balaban J connectivity index is 2.66. The van der Waals surface area contributed by atoms with Gasteiger partial charge >= 0.3 is 0 Å². The van der Waals surface area contributed by atoms with Gasteiger partial charge in [0, 0.05) is 25.2 Å². The summed E-state index contributed by atoms with van der Waals surface area (Å²) in [5.74, 6) is -0.576. The standard InChI is InChI=1S/C13H19ClN4O2/c1-5-15-13(20)9(3)16-11(19)7-6-10-8(2)17-18(4)12(10)14/h6-7,9H,5H2,1-4H3,(H,15,20)(H,16,19)/b7-6+. The Bertz CT molecular complexity index is 537. The van der Waals surface area contributed by atoms with Gasteiger partial charge in [-0.15, -0.1) is 0 Å². The number of aryl methyl sites for hydroxylation is 2. The molecule has 1 aromatic rings. The molecule has 0 radical (unpaired) electrons. The Labute approximate surface area is 123 Å². The molecule has 0 saturated heterocycles. The summed E-state index contributed by atoms with van der Waals surface area (Å²) in [7, 11) is 1.73. The molecule has 1 aromatic heterocycles. The number of likely N-dealkylation sites (N-methyl/N-ethyl adjacent to an activating group) is 1. The second-order valence-electron chi connectivity index (χ2n) is 4.37. The number of hydrogen-bond acceptors (Lipinski definition) is 3. The van der Waals surface area contributed by atoms with Gasteiger partial charge in [0.15, 0.2) is 0 Å². The molecule has 1 atom stereocenters. The van der Waals surface area contributed by atoms with Crippen LogP contribution in [0.1, 0.15) is 25.1 Å². The van der Waals surface area contributed by atoms with Crippen LogP contribution in [-0.4, -0.2) is 34.2 Å². The molecule has 20 heavy (non-hydrogen) atoms. The molecule has 0 aromatic carbocycles. The van der Waals surface area contributed by atoms with Gasteiger partial charge in [-0.3, -0.25) is 14.3 Å². The number of amides is 2. The topological polar surface area (TPSA) is 76.0 Å². The maximum Gasteiger partial charge on any atom is 0.244 e. The van der Waals surface area contributed by atoms with E-state index >= 15 is 0 Å². The van der Waals surface area contributed by atoms with E-state index in [1.807, 2.05) is 6.92 Å². The first kappa shape index (κ1) is 16.2. The fourth-order valence-corrected chi connectivity index (χ4v) is 1.89. The highest BCUT2D eigenvalue weighted by molar-refractivity contribution is 6.31. The molecule has 0 fully saturated rings. The normalized spacial score (nSPS) is 12.4. The Hall–Kier alpha value is -1.82. The monoisotopic (exact) mass is 298 g/mol. The van der Waals surface area contributed by atoms with Crippen molar-refractivity contribution in [3.8, 4) is 0 Å². The lowest BCUT2D eigenvalue weighted by molar-refractivity contribution is -0.126. The Morgan fingerprint density at radius 1 is 1.50 bits per heavy atom. The van der Waals surface area contributed by atoms with Gasteiger partial charge < -0.3 is 10.6 Å². The summed E-state index contributed by atoms with van der Waals surface area (Å²) in [6, 6.07) is -0.586. The minimum atomic E-state index is -0.586. The van der Waals surface area contributed by atoms with Crippen molar-refractivity contribution in [3.63, 3.8) is 0 Å². The molecule has 1 heterocycles. The van der Waals surface area contributed by atoms with E-state index in [1.54, 1.807) is 27.0 Å². The molecule has 0 aliphatic carbocycles. The van der Waals surface area contributed by atoms with Crippen molar-refractivity contribution < 1.29 is 9.59 Å². The third-order valence-corrected chi connectivity index (χ3v) is 3.15. The van der Waals surface area contributed by atoms with Crippen LogP contribution in [-0.2, 0) is 16.6 Å². The zero-order chi connectivity index (χ0) is 15.3. The second-order valence-corrected chi connectivity index (χ2v) is 4.73. The quantitative estimate of drug-likeness (QED) is 0.797. The van der Waals surface area contributed by atoms with Gasteiger partial charge in [-0.05, 0) is 26.8 Å². The van der Waals surface area contributed by atoms with Gasteiger partial charge in [0.05, 0.1) is 5.69 Å². The predicted octanol–water partition coefficient (Wildman–Crippen LogP) is 1.04. The summed E-state index contributed by atoms with van der Waals surface area (Å²) in [6.07, 6.45) is 2.93. The van der Waals surface area contributed by atoms with Gasteiger partial charge in [0.2, 0.25) is 11.8 Å². The van der Waals surface area contributed by atoms with E-state index < -0.39 is 6.04 Å². The third kappa shape index (κ3) is 4.09. The van der Waals surface area contributed by atoms with Crippen LogP contribution in [0, 0.1) is 6.92 Å². The lowest BCUT2D eigenvalue weighted by Gasteiger charge is -2.11. The minimum absolute atomic E-state index is 0.218. The zero-order valence-corrected chi connectivity index (χ0v) is 12.8. The molecule has 7 heteroatoms. The van der Waals surface area contributed by atoms with E-state index in [2.05, 4.69) is 15.7 Å². The van der Waals surface area contributed by atoms with E-state index in [4.69, 9.17) is 11.6 Å². The molecule has 1 unspecified atom stereocenters. The summed E-state index contributed by atoms with van der Waals surface area (Å²) in [6.45, 7) is 5.78. The maximum atomic E-state index is 11.7. The van der Waals surface area contributed by atoms with E-state index in [0.717, 1.165) is 5.69 Å². The summed E-state index contributed by atoms with van der Waals surface area (Å²) in [4.78, 5) is 23.2. The highest BCUT2D eigenvalue weighted by Gasteiger charge is 2.13. The van der Waals surface area contributed by atoms with Crippen LogP contribution < -0.4 is 10.6 Å². The summed E-state index contributed by atoms with van der Waals surface area (Å²) in [5, 5.41) is 9.81. The van der Waals surface area contributed by atoms with E-state index in [0.29, 0.717) is 17.3 Å². The number of halogens is 1. The van der Waals surface area contributed by atoms with Crippen LogP contribution in [0.3, 0.4) is 0 Å². The first-order chi connectivity index (χ1) is 9.36. The van der Waals surface area contributed by atoms with Crippen LogP contribution in [0.5, 0.6) is 0 Å². The van der Waals surface area contributed by atoms with Crippen LogP contribution >= 0.6 is 11.6 Å². The lowest BCUT2D eigenvalue weighted by Crippen LogP contribution is -2.44. The predicted molar refractivity (Wildman–Crippen MR) is 78.3 cm³/mol. The minimum Gasteiger partial charge on any atom is -0.355 e. The van der Waals surface area contributed by atoms with Gasteiger partial charge in [-0.25, -0.2) is 0 Å². The molecule has 0 aliphatic heterocycles. The molecule has 2 N–H and O–H groups in total. The molecule has 2 amide bonds. The highest BCUT2D eigenvalue weighted by Crippen LogP contribution is 2.19. The average molecular weight is 299 g/mol. The fraction of sp³-hybridized carbons (Fsp3) is 0.462. The van der Waals surface area contributed by atoms with Crippen molar-refractivity contribution in [3.05, 3.63) is 22.5 Å². The molecule has 110 valence electrons. The van der Waals surface area contributed by atoms with Crippen molar-refractivity contribution >= 4 is 29.5 Å².